The fourth-order valence-corrected chi connectivity index (χ4v) is 9.62. The van der Waals surface area contributed by atoms with E-state index in [2.05, 4.69) is 55.1 Å². The Bertz CT molecular complexity index is 1210. The lowest BCUT2D eigenvalue weighted by atomic mass is 9.98. The van der Waals surface area contributed by atoms with Crippen molar-refractivity contribution in [2.24, 2.45) is 5.11 Å². The van der Waals surface area contributed by atoms with Gasteiger partial charge < -0.3 is 19.0 Å². The van der Waals surface area contributed by atoms with Crippen molar-refractivity contribution in [3.05, 3.63) is 107 Å². The molecule has 0 spiro atoms. The Morgan fingerprint density at radius 3 is 2.03 bits per heavy atom. The van der Waals surface area contributed by atoms with Crippen LogP contribution < -0.4 is 10.4 Å². The van der Waals surface area contributed by atoms with Crippen LogP contribution in [-0.2, 0) is 13.9 Å². The van der Waals surface area contributed by atoms with Crippen LogP contribution in [0.3, 0.4) is 0 Å². The molecule has 0 bridgehead atoms. The summed E-state index contributed by atoms with van der Waals surface area (Å²) < 4.78 is 18.5. The van der Waals surface area contributed by atoms with E-state index in [1.54, 1.807) is 30.3 Å². The van der Waals surface area contributed by atoms with Crippen LogP contribution in [-0.4, -0.2) is 57.0 Å². The number of benzene rings is 3. The fraction of sp³-hybridized carbons (Fsp3) is 0.345. The summed E-state index contributed by atoms with van der Waals surface area (Å²) in [7, 11) is -2.88. The molecule has 3 aromatic carbocycles. The van der Waals surface area contributed by atoms with Crippen molar-refractivity contribution in [2.45, 2.75) is 50.2 Å². The maximum atomic E-state index is 12.8. The van der Waals surface area contributed by atoms with E-state index >= 15 is 0 Å². The molecule has 1 aliphatic heterocycles. The number of esters is 1. The Balaban J connectivity index is 1.63. The fourth-order valence-electron chi connectivity index (χ4n) is 5.05. The molecule has 2 unspecified atom stereocenters. The van der Waals surface area contributed by atoms with Gasteiger partial charge in [-0.1, -0.05) is 105 Å². The monoisotopic (exact) mass is 531 g/mol. The molecule has 198 valence electrons. The number of carbonyl (C=O) groups excluding carboxylic acids is 1. The van der Waals surface area contributed by atoms with Gasteiger partial charge in [0.25, 0.3) is 8.32 Å². The van der Waals surface area contributed by atoms with Gasteiger partial charge in [-0.05, 0) is 33.1 Å². The van der Waals surface area contributed by atoms with Crippen molar-refractivity contribution in [3.8, 4) is 0 Å². The number of aliphatic hydroxyl groups excluding tert-OH is 1. The SMILES string of the molecule is CC(C)(C)[Si](OCC1OCC(N=[N+]=[N-])[C@@H](OC(=O)c2ccccc2)[C@@H]1O)(c1ccccc1)c1ccccc1. The van der Waals surface area contributed by atoms with Crippen LogP contribution in [0.25, 0.3) is 10.4 Å². The Morgan fingerprint density at radius 2 is 1.53 bits per heavy atom. The molecule has 4 atom stereocenters. The molecule has 38 heavy (non-hydrogen) atoms. The Morgan fingerprint density at radius 1 is 1.00 bits per heavy atom. The largest absolute Gasteiger partial charge is 0.455 e. The molecule has 0 radical (unpaired) electrons. The molecule has 0 amide bonds. The van der Waals surface area contributed by atoms with E-state index < -0.39 is 38.6 Å². The van der Waals surface area contributed by atoms with Crippen molar-refractivity contribution in [1.82, 2.24) is 0 Å². The molecular weight excluding hydrogens is 498 g/mol. The zero-order valence-electron chi connectivity index (χ0n) is 21.8. The van der Waals surface area contributed by atoms with Crippen LogP contribution in [0.1, 0.15) is 31.1 Å². The maximum absolute atomic E-state index is 12.8. The molecule has 0 aromatic heterocycles. The quantitative estimate of drug-likeness (QED) is 0.154. The first-order chi connectivity index (χ1) is 18.3. The molecule has 0 aliphatic carbocycles. The number of azide groups is 1. The highest BCUT2D eigenvalue weighted by Gasteiger charge is 2.51. The third-order valence-electron chi connectivity index (χ3n) is 6.91. The van der Waals surface area contributed by atoms with Gasteiger partial charge in [0.15, 0.2) is 0 Å². The number of hydrogen-bond donors (Lipinski definition) is 1. The van der Waals surface area contributed by atoms with Crippen LogP contribution in [0.15, 0.2) is 96.1 Å². The van der Waals surface area contributed by atoms with E-state index in [0.29, 0.717) is 5.56 Å². The van der Waals surface area contributed by atoms with Gasteiger partial charge >= 0.3 is 5.97 Å². The predicted octanol–water partition coefficient (Wildman–Crippen LogP) is 4.23. The minimum atomic E-state index is -2.88. The number of hydrogen-bond acceptors (Lipinski definition) is 6. The minimum Gasteiger partial charge on any atom is -0.455 e. The molecule has 9 heteroatoms. The lowest BCUT2D eigenvalue weighted by molar-refractivity contribution is -0.156. The zero-order valence-corrected chi connectivity index (χ0v) is 22.8. The lowest BCUT2D eigenvalue weighted by Gasteiger charge is -2.45. The summed E-state index contributed by atoms with van der Waals surface area (Å²) >= 11 is 0. The maximum Gasteiger partial charge on any atom is 0.338 e. The van der Waals surface area contributed by atoms with E-state index in [-0.39, 0.29) is 18.3 Å². The average molecular weight is 532 g/mol. The summed E-state index contributed by atoms with van der Waals surface area (Å²) in [5.41, 5.74) is 9.39. The minimum absolute atomic E-state index is 0.0113. The zero-order chi connectivity index (χ0) is 27.2. The summed E-state index contributed by atoms with van der Waals surface area (Å²) in [6.45, 7) is 6.55. The third kappa shape index (κ3) is 5.67. The second kappa shape index (κ2) is 11.9. The molecule has 3 aromatic rings. The summed E-state index contributed by atoms with van der Waals surface area (Å²) in [6.07, 6.45) is -3.14. The van der Waals surface area contributed by atoms with Crippen LogP contribution >= 0.6 is 0 Å². The van der Waals surface area contributed by atoms with Gasteiger partial charge in [-0.2, -0.15) is 0 Å². The van der Waals surface area contributed by atoms with Crippen molar-refractivity contribution in [2.75, 3.05) is 13.2 Å². The standard InChI is InChI=1S/C29H33N3O5Si/c1-29(2,3)38(22-15-9-5-10-16-22,23-17-11-6-12-18-23)36-20-25-26(33)27(24(19-35-25)31-32-30)37-28(34)21-13-7-4-8-14-21/h4-18,24-27,33H,19-20H2,1-3H3/t24?,25?,26-,27-/m1/s1. The van der Waals surface area contributed by atoms with E-state index in [4.69, 9.17) is 19.4 Å². The molecule has 8 nitrogen and oxygen atoms in total. The van der Waals surface area contributed by atoms with Gasteiger partial charge in [0, 0.05) is 4.91 Å². The van der Waals surface area contributed by atoms with Crippen molar-refractivity contribution in [3.63, 3.8) is 0 Å². The van der Waals surface area contributed by atoms with Gasteiger partial charge in [-0.25, -0.2) is 4.79 Å². The second-order valence-corrected chi connectivity index (χ2v) is 14.7. The highest BCUT2D eigenvalue weighted by atomic mass is 28.4. The summed E-state index contributed by atoms with van der Waals surface area (Å²) in [6, 6.07) is 28.0. The average Bonchev–Trinajstić information content (AvgIpc) is 2.93. The van der Waals surface area contributed by atoms with E-state index in [9.17, 15) is 9.90 Å². The molecule has 1 saturated heterocycles. The number of carbonyl (C=O) groups is 1. The van der Waals surface area contributed by atoms with Crippen LogP contribution in [0.4, 0.5) is 0 Å². The first kappa shape index (κ1) is 27.6. The van der Waals surface area contributed by atoms with Gasteiger partial charge in [0.2, 0.25) is 0 Å². The van der Waals surface area contributed by atoms with Crippen LogP contribution in [0.5, 0.6) is 0 Å². The molecule has 1 N–H and O–H groups in total. The Hall–Kier alpha value is -3.46. The second-order valence-electron chi connectivity index (χ2n) is 10.3. The summed E-state index contributed by atoms with van der Waals surface area (Å²) in [4.78, 5) is 15.7. The molecule has 0 saturated carbocycles. The highest BCUT2D eigenvalue weighted by Crippen LogP contribution is 2.37. The molecule has 1 fully saturated rings. The van der Waals surface area contributed by atoms with E-state index in [1.807, 2.05) is 36.4 Å². The first-order valence-corrected chi connectivity index (χ1v) is 14.5. The number of ether oxygens (including phenoxy) is 2. The third-order valence-corrected chi connectivity index (χ3v) is 11.9. The molecule has 4 rings (SSSR count). The number of aliphatic hydroxyl groups is 1. The van der Waals surface area contributed by atoms with Crippen molar-refractivity contribution >= 4 is 24.7 Å². The predicted molar refractivity (Wildman–Crippen MR) is 148 cm³/mol. The molecule has 1 heterocycles. The van der Waals surface area contributed by atoms with Gasteiger partial charge in [-0.15, -0.1) is 0 Å². The number of nitrogens with zero attached hydrogens (tertiary/aromatic N) is 3. The van der Waals surface area contributed by atoms with Gasteiger partial charge in [0.05, 0.1) is 18.8 Å². The van der Waals surface area contributed by atoms with E-state index in [0.717, 1.165) is 10.4 Å². The van der Waals surface area contributed by atoms with Crippen LogP contribution in [0.2, 0.25) is 5.04 Å². The highest BCUT2D eigenvalue weighted by molar-refractivity contribution is 6.99. The van der Waals surface area contributed by atoms with Gasteiger partial charge in [0.1, 0.15) is 24.4 Å². The lowest BCUT2D eigenvalue weighted by Crippen LogP contribution is -2.68. The topological polar surface area (TPSA) is 114 Å². The van der Waals surface area contributed by atoms with Crippen molar-refractivity contribution < 1.29 is 23.8 Å². The van der Waals surface area contributed by atoms with Crippen molar-refractivity contribution in [1.29, 1.82) is 0 Å². The first-order valence-electron chi connectivity index (χ1n) is 12.6. The van der Waals surface area contributed by atoms with E-state index in [1.165, 1.54) is 0 Å². The number of rotatable bonds is 8. The Labute approximate surface area is 223 Å². The summed E-state index contributed by atoms with van der Waals surface area (Å²) in [5.74, 6) is -0.610. The molecular formula is C29H33N3O5Si. The smallest absolute Gasteiger partial charge is 0.338 e. The van der Waals surface area contributed by atoms with Crippen LogP contribution in [0, 0.1) is 0 Å². The van der Waals surface area contributed by atoms with Gasteiger partial charge in [-0.3, -0.25) is 0 Å². The summed E-state index contributed by atoms with van der Waals surface area (Å²) in [5, 5.41) is 17.0. The Kier molecular flexibility index (Phi) is 8.66. The normalized spacial score (nSPS) is 21.8. The molecule has 1 aliphatic rings.